The molecule has 0 N–H and O–H groups in total. The second kappa shape index (κ2) is 14.4. The zero-order valence-corrected chi connectivity index (χ0v) is 21.9. The first-order chi connectivity index (χ1) is 17.2. The van der Waals surface area contributed by atoms with Crippen LogP contribution < -0.4 is 4.90 Å². The van der Waals surface area contributed by atoms with Gasteiger partial charge in [0, 0.05) is 13.1 Å². The lowest BCUT2D eigenvalue weighted by Crippen LogP contribution is -2.41. The minimum absolute atomic E-state index is 0.0323. The number of hydrogen-bond acceptors (Lipinski definition) is 1. The summed E-state index contributed by atoms with van der Waals surface area (Å²) in [5, 5.41) is 0. The van der Waals surface area contributed by atoms with E-state index in [0.717, 1.165) is 49.2 Å². The van der Waals surface area contributed by atoms with Gasteiger partial charge >= 0.3 is 6.03 Å². The monoisotopic (exact) mass is 470 g/mol. The van der Waals surface area contributed by atoms with Crippen LogP contribution in [-0.2, 0) is 19.4 Å². The first-order valence-corrected chi connectivity index (χ1v) is 13.5. The van der Waals surface area contributed by atoms with Crippen molar-refractivity contribution < 1.29 is 4.79 Å². The van der Waals surface area contributed by atoms with Crippen molar-refractivity contribution in [3.8, 4) is 0 Å². The number of anilines is 2. The summed E-state index contributed by atoms with van der Waals surface area (Å²) in [4.78, 5) is 18.0. The summed E-state index contributed by atoms with van der Waals surface area (Å²) in [5.41, 5.74) is 5.65. The van der Waals surface area contributed by atoms with Crippen LogP contribution in [0.2, 0.25) is 0 Å². The molecule has 3 aromatic rings. The van der Waals surface area contributed by atoms with E-state index in [1.54, 1.807) is 0 Å². The number of unbranched alkanes of at least 4 members (excludes halogenated alkanes) is 3. The molecule has 0 bridgehead atoms. The summed E-state index contributed by atoms with van der Waals surface area (Å²) >= 11 is 0. The normalized spacial score (nSPS) is 10.8. The van der Waals surface area contributed by atoms with Gasteiger partial charge in [0.1, 0.15) is 0 Å². The quantitative estimate of drug-likeness (QED) is 0.244. The standard InChI is InChI=1S/C32H42N2O/c1-4-7-13-27-17-21-30(22-18-27)34(31-23-19-28(20-24-31)14-8-5-2)32(35)33(25-9-6-3)26-29-15-11-10-12-16-29/h10-12,15-24H,4-9,13-14,25-26H2,1-3H3. The van der Waals surface area contributed by atoms with Gasteiger partial charge in [0.05, 0.1) is 11.4 Å². The van der Waals surface area contributed by atoms with Crippen LogP contribution >= 0.6 is 0 Å². The maximum atomic E-state index is 14.1. The largest absolute Gasteiger partial charge is 0.329 e. The van der Waals surface area contributed by atoms with Crippen molar-refractivity contribution in [3.05, 3.63) is 95.6 Å². The molecular weight excluding hydrogens is 428 g/mol. The molecule has 2 amide bonds. The molecule has 186 valence electrons. The number of urea groups is 1. The van der Waals surface area contributed by atoms with Crippen LogP contribution in [0, 0.1) is 0 Å². The summed E-state index contributed by atoms with van der Waals surface area (Å²) in [5.74, 6) is 0. The first-order valence-electron chi connectivity index (χ1n) is 13.5. The molecule has 3 nitrogen and oxygen atoms in total. The molecular formula is C32H42N2O. The zero-order valence-electron chi connectivity index (χ0n) is 21.9. The van der Waals surface area contributed by atoms with Crippen LogP contribution in [0.15, 0.2) is 78.9 Å². The van der Waals surface area contributed by atoms with Crippen molar-refractivity contribution in [1.82, 2.24) is 4.90 Å². The molecule has 0 aliphatic carbocycles. The molecule has 0 heterocycles. The molecule has 0 aliphatic rings. The minimum Gasteiger partial charge on any atom is -0.320 e. The molecule has 3 heteroatoms. The third-order valence-electron chi connectivity index (χ3n) is 6.49. The van der Waals surface area contributed by atoms with Gasteiger partial charge in [-0.25, -0.2) is 4.79 Å². The summed E-state index contributed by atoms with van der Waals surface area (Å²) in [7, 11) is 0. The SMILES string of the molecule is CCCCc1ccc(N(C(=O)N(CCCC)Cc2ccccc2)c2ccc(CCCC)cc2)cc1. The van der Waals surface area contributed by atoms with Gasteiger partial charge in [0.2, 0.25) is 0 Å². The molecule has 0 unspecified atom stereocenters. The van der Waals surface area contributed by atoms with Crippen LogP contribution in [0.4, 0.5) is 16.2 Å². The van der Waals surface area contributed by atoms with Gasteiger partial charge in [-0.2, -0.15) is 0 Å². The molecule has 35 heavy (non-hydrogen) atoms. The highest BCUT2D eigenvalue weighted by atomic mass is 16.2. The highest BCUT2D eigenvalue weighted by Gasteiger charge is 2.24. The van der Waals surface area contributed by atoms with Gasteiger partial charge in [-0.1, -0.05) is 94.6 Å². The highest BCUT2D eigenvalue weighted by Crippen LogP contribution is 2.29. The predicted octanol–water partition coefficient (Wildman–Crippen LogP) is 8.93. The Morgan fingerprint density at radius 2 is 1.09 bits per heavy atom. The van der Waals surface area contributed by atoms with Crippen molar-refractivity contribution in [3.63, 3.8) is 0 Å². The smallest absolute Gasteiger partial charge is 0.320 e. The Hall–Kier alpha value is -3.07. The van der Waals surface area contributed by atoms with E-state index in [1.807, 2.05) is 28.0 Å². The van der Waals surface area contributed by atoms with E-state index in [9.17, 15) is 4.79 Å². The van der Waals surface area contributed by atoms with E-state index in [4.69, 9.17) is 0 Å². The van der Waals surface area contributed by atoms with E-state index in [0.29, 0.717) is 6.54 Å². The number of aryl methyl sites for hydroxylation is 2. The fourth-order valence-corrected chi connectivity index (χ4v) is 4.29. The lowest BCUT2D eigenvalue weighted by atomic mass is 10.1. The molecule has 0 fully saturated rings. The lowest BCUT2D eigenvalue weighted by molar-refractivity contribution is 0.203. The Balaban J connectivity index is 1.93. The van der Waals surface area contributed by atoms with Crippen molar-refractivity contribution >= 4 is 17.4 Å². The van der Waals surface area contributed by atoms with Crippen LogP contribution in [0.5, 0.6) is 0 Å². The first kappa shape index (κ1) is 26.5. The van der Waals surface area contributed by atoms with Gasteiger partial charge in [-0.05, 0) is 73.1 Å². The molecule has 0 aliphatic heterocycles. The van der Waals surface area contributed by atoms with E-state index in [1.165, 1.54) is 36.8 Å². The van der Waals surface area contributed by atoms with E-state index in [2.05, 4.69) is 81.4 Å². The van der Waals surface area contributed by atoms with Crippen molar-refractivity contribution in [2.75, 3.05) is 11.4 Å². The third-order valence-corrected chi connectivity index (χ3v) is 6.49. The van der Waals surface area contributed by atoms with Gasteiger partial charge in [0.25, 0.3) is 0 Å². The summed E-state index contributed by atoms with van der Waals surface area (Å²) in [6.45, 7) is 7.96. The second-order valence-electron chi connectivity index (χ2n) is 9.42. The minimum atomic E-state index is 0.0323. The van der Waals surface area contributed by atoms with Crippen LogP contribution in [0.25, 0.3) is 0 Å². The fourth-order valence-electron chi connectivity index (χ4n) is 4.29. The number of nitrogens with zero attached hydrogens (tertiary/aromatic N) is 2. The van der Waals surface area contributed by atoms with E-state index < -0.39 is 0 Å². The highest BCUT2D eigenvalue weighted by molar-refractivity contribution is 5.99. The zero-order chi connectivity index (χ0) is 24.9. The Bertz CT molecular complexity index is 944. The molecule has 0 spiro atoms. The maximum absolute atomic E-state index is 14.1. The Morgan fingerprint density at radius 3 is 1.54 bits per heavy atom. The maximum Gasteiger partial charge on any atom is 0.329 e. The number of carbonyl (C=O) groups excluding carboxylic acids is 1. The number of hydrogen-bond donors (Lipinski definition) is 0. The van der Waals surface area contributed by atoms with Gasteiger partial charge in [-0.15, -0.1) is 0 Å². The average Bonchev–Trinajstić information content (AvgIpc) is 2.90. The van der Waals surface area contributed by atoms with Crippen molar-refractivity contribution in [2.45, 2.75) is 78.7 Å². The fraction of sp³-hybridized carbons (Fsp3) is 0.406. The van der Waals surface area contributed by atoms with Crippen LogP contribution in [-0.4, -0.2) is 17.5 Å². The Labute approximate surface area is 212 Å². The third kappa shape index (κ3) is 7.99. The topological polar surface area (TPSA) is 23.6 Å². The summed E-state index contributed by atoms with van der Waals surface area (Å²) < 4.78 is 0. The summed E-state index contributed by atoms with van der Waals surface area (Å²) in [6, 6.07) is 27.5. The molecule has 0 saturated carbocycles. The molecule has 3 rings (SSSR count). The molecule has 0 atom stereocenters. The Kier molecular flexibility index (Phi) is 10.9. The molecule has 3 aromatic carbocycles. The molecule has 0 aromatic heterocycles. The van der Waals surface area contributed by atoms with Gasteiger partial charge in [-0.3, -0.25) is 4.90 Å². The van der Waals surface area contributed by atoms with E-state index >= 15 is 0 Å². The average molecular weight is 471 g/mol. The van der Waals surface area contributed by atoms with Gasteiger partial charge < -0.3 is 4.90 Å². The lowest BCUT2D eigenvalue weighted by Gasteiger charge is -2.31. The van der Waals surface area contributed by atoms with Crippen molar-refractivity contribution in [1.29, 1.82) is 0 Å². The van der Waals surface area contributed by atoms with Crippen LogP contribution in [0.1, 0.15) is 76.0 Å². The molecule has 0 saturated heterocycles. The second-order valence-corrected chi connectivity index (χ2v) is 9.42. The number of benzene rings is 3. The van der Waals surface area contributed by atoms with Crippen molar-refractivity contribution in [2.24, 2.45) is 0 Å². The Morgan fingerprint density at radius 1 is 0.600 bits per heavy atom. The number of amides is 2. The molecule has 0 radical (unpaired) electrons. The predicted molar refractivity (Wildman–Crippen MR) is 149 cm³/mol. The summed E-state index contributed by atoms with van der Waals surface area (Å²) in [6.07, 6.45) is 8.92. The van der Waals surface area contributed by atoms with Gasteiger partial charge in [0.15, 0.2) is 0 Å². The number of carbonyl (C=O) groups is 1. The van der Waals surface area contributed by atoms with Crippen LogP contribution in [0.3, 0.4) is 0 Å². The number of rotatable bonds is 13. The van der Waals surface area contributed by atoms with E-state index in [-0.39, 0.29) is 6.03 Å².